The van der Waals surface area contributed by atoms with Gasteiger partial charge in [-0.15, -0.1) is 0 Å². The van der Waals surface area contributed by atoms with Crippen molar-refractivity contribution in [3.8, 4) is 0 Å². The van der Waals surface area contributed by atoms with Crippen LogP contribution in [-0.4, -0.2) is 54.7 Å². The van der Waals surface area contributed by atoms with Gasteiger partial charge in [-0.25, -0.2) is 13.1 Å². The molecule has 27 heavy (non-hydrogen) atoms. The van der Waals surface area contributed by atoms with E-state index in [1.54, 1.807) is 6.20 Å². The number of nitrogens with zero attached hydrogens (tertiary/aromatic N) is 2. The van der Waals surface area contributed by atoms with Gasteiger partial charge in [0.1, 0.15) is 0 Å². The van der Waals surface area contributed by atoms with Crippen LogP contribution >= 0.6 is 0 Å². The molecular weight excluding hydrogens is 368 g/mol. The molecule has 9 heteroatoms. The summed E-state index contributed by atoms with van der Waals surface area (Å²) in [4.78, 5) is 12.2. The van der Waals surface area contributed by atoms with Gasteiger partial charge < -0.3 is 10.1 Å². The van der Waals surface area contributed by atoms with Crippen LogP contribution in [-0.2, 0) is 26.1 Å². The van der Waals surface area contributed by atoms with Gasteiger partial charge in [0.2, 0.25) is 15.9 Å². The Morgan fingerprint density at radius 3 is 2.70 bits per heavy atom. The molecule has 0 radical (unpaired) electrons. The fraction of sp³-hybridized carbons (Fsp3) is 0.778. The molecule has 1 amide bonds. The summed E-state index contributed by atoms with van der Waals surface area (Å²) in [5.74, 6) is 0.0279. The molecule has 1 saturated carbocycles. The number of amides is 1. The van der Waals surface area contributed by atoms with Gasteiger partial charge in [-0.05, 0) is 51.0 Å². The molecule has 2 fully saturated rings. The van der Waals surface area contributed by atoms with E-state index >= 15 is 0 Å². The number of rotatable bonds is 8. The van der Waals surface area contributed by atoms with Gasteiger partial charge >= 0.3 is 0 Å². The van der Waals surface area contributed by atoms with Gasteiger partial charge in [0.15, 0.2) is 0 Å². The zero-order valence-electron chi connectivity index (χ0n) is 15.7. The highest BCUT2D eigenvalue weighted by Gasteiger charge is 2.32. The van der Waals surface area contributed by atoms with E-state index < -0.39 is 10.0 Å². The number of aromatic nitrogens is 2. The first kappa shape index (κ1) is 20.3. The predicted octanol–water partition coefficient (Wildman–Crippen LogP) is 1.19. The molecule has 2 heterocycles. The van der Waals surface area contributed by atoms with Crippen molar-refractivity contribution in [2.45, 2.75) is 75.2 Å². The molecule has 0 aromatic carbocycles. The van der Waals surface area contributed by atoms with Gasteiger partial charge in [-0.3, -0.25) is 9.48 Å². The molecule has 1 aliphatic heterocycles. The molecule has 152 valence electrons. The number of carbonyl (C=O) groups excluding carboxylic acids is 1. The van der Waals surface area contributed by atoms with E-state index in [9.17, 15) is 13.2 Å². The third kappa shape index (κ3) is 6.29. The lowest BCUT2D eigenvalue weighted by Gasteiger charge is -2.32. The van der Waals surface area contributed by atoms with Gasteiger partial charge in [0.05, 0.1) is 5.25 Å². The average molecular weight is 399 g/mol. The first-order chi connectivity index (χ1) is 13.0. The van der Waals surface area contributed by atoms with Crippen LogP contribution in [0.4, 0.5) is 0 Å². The third-order valence-corrected chi connectivity index (χ3v) is 7.34. The van der Waals surface area contributed by atoms with Crippen LogP contribution in [0.5, 0.6) is 0 Å². The molecule has 8 nitrogen and oxygen atoms in total. The first-order valence-corrected chi connectivity index (χ1v) is 11.4. The van der Waals surface area contributed by atoms with Crippen LogP contribution in [0.2, 0.25) is 0 Å². The minimum Gasteiger partial charge on any atom is -0.381 e. The third-order valence-electron chi connectivity index (χ3n) is 5.33. The van der Waals surface area contributed by atoms with Crippen LogP contribution in [0.1, 0.15) is 51.4 Å². The molecule has 0 bridgehead atoms. The molecular formula is C18H30N4O4S. The van der Waals surface area contributed by atoms with E-state index in [-0.39, 0.29) is 23.2 Å². The van der Waals surface area contributed by atoms with E-state index in [0.29, 0.717) is 38.9 Å². The fourth-order valence-electron chi connectivity index (χ4n) is 3.88. The van der Waals surface area contributed by atoms with Crippen molar-refractivity contribution in [2.75, 3.05) is 13.2 Å². The van der Waals surface area contributed by atoms with E-state index in [0.717, 1.165) is 32.2 Å². The van der Waals surface area contributed by atoms with Crippen LogP contribution in [0, 0.1) is 0 Å². The lowest BCUT2D eigenvalue weighted by Crippen LogP contribution is -2.48. The number of sulfonamides is 1. The molecule has 1 aromatic rings. The number of nitrogens with one attached hydrogen (secondary N) is 2. The van der Waals surface area contributed by atoms with Crippen molar-refractivity contribution < 1.29 is 17.9 Å². The number of hydrogen-bond donors (Lipinski definition) is 2. The molecule has 0 unspecified atom stereocenters. The summed E-state index contributed by atoms with van der Waals surface area (Å²) < 4.78 is 35.1. The Morgan fingerprint density at radius 2 is 1.96 bits per heavy atom. The van der Waals surface area contributed by atoms with Crippen molar-refractivity contribution in [3.05, 3.63) is 18.5 Å². The minimum atomic E-state index is -3.33. The summed E-state index contributed by atoms with van der Waals surface area (Å²) in [6.07, 6.45) is 9.21. The lowest BCUT2D eigenvalue weighted by molar-refractivity contribution is -0.122. The highest BCUT2D eigenvalue weighted by molar-refractivity contribution is 7.90. The van der Waals surface area contributed by atoms with E-state index in [1.165, 1.54) is 0 Å². The second-order valence-corrected chi connectivity index (χ2v) is 9.47. The quantitative estimate of drug-likeness (QED) is 0.685. The van der Waals surface area contributed by atoms with Crippen LogP contribution in [0.25, 0.3) is 0 Å². The van der Waals surface area contributed by atoms with E-state index in [2.05, 4.69) is 15.1 Å². The lowest BCUT2D eigenvalue weighted by atomic mass is 9.91. The second kappa shape index (κ2) is 9.66. The Kier molecular flexibility index (Phi) is 7.26. The summed E-state index contributed by atoms with van der Waals surface area (Å²) >= 11 is 0. The summed E-state index contributed by atoms with van der Waals surface area (Å²) in [5.41, 5.74) is 0. The maximum Gasteiger partial charge on any atom is 0.220 e. The average Bonchev–Trinajstić information content (AvgIpc) is 3.16. The summed E-state index contributed by atoms with van der Waals surface area (Å²) in [6.45, 7) is 1.74. The number of carbonyl (C=O) groups is 1. The van der Waals surface area contributed by atoms with Crippen LogP contribution in [0.3, 0.4) is 0 Å². The largest absolute Gasteiger partial charge is 0.381 e. The van der Waals surface area contributed by atoms with Crippen molar-refractivity contribution in [1.29, 1.82) is 0 Å². The Labute approximate surface area is 161 Å². The highest BCUT2D eigenvalue weighted by Crippen LogP contribution is 2.22. The Bertz CT molecular complexity index is 686. The van der Waals surface area contributed by atoms with Crippen LogP contribution in [0.15, 0.2) is 18.5 Å². The monoisotopic (exact) mass is 398 g/mol. The van der Waals surface area contributed by atoms with Crippen molar-refractivity contribution in [3.63, 3.8) is 0 Å². The molecule has 1 aromatic heterocycles. The molecule has 2 atom stereocenters. The molecule has 3 rings (SSSR count). The SMILES string of the molecule is O=C(CCCn1cccn1)N[C@@H]1CCC[C@@H](NS(=O)(=O)C2CCOCC2)C1. The zero-order chi connectivity index (χ0) is 19.1. The number of aryl methyl sites for hydroxylation is 1. The minimum absolute atomic E-state index is 0.0279. The standard InChI is InChI=1S/C18H30N4O4S/c23-18(6-2-10-22-11-3-9-19-22)20-15-4-1-5-16(14-15)21-27(24,25)17-7-12-26-13-8-17/h3,9,11,15-17,21H,1-2,4-8,10,12-14H2,(H,20,23)/t15-,16-/m1/s1. The number of hydrogen-bond acceptors (Lipinski definition) is 5. The van der Waals surface area contributed by atoms with Crippen molar-refractivity contribution >= 4 is 15.9 Å². The molecule has 2 N–H and O–H groups in total. The Morgan fingerprint density at radius 1 is 1.19 bits per heavy atom. The molecule has 1 saturated heterocycles. The normalized spacial score (nSPS) is 24.6. The van der Waals surface area contributed by atoms with E-state index in [4.69, 9.17) is 4.74 Å². The maximum atomic E-state index is 12.6. The van der Waals surface area contributed by atoms with Crippen molar-refractivity contribution in [2.24, 2.45) is 0 Å². The highest BCUT2D eigenvalue weighted by atomic mass is 32.2. The van der Waals surface area contributed by atoms with Gasteiger partial charge in [-0.1, -0.05) is 0 Å². The first-order valence-electron chi connectivity index (χ1n) is 9.88. The molecule has 2 aliphatic rings. The molecule has 0 spiro atoms. The zero-order valence-corrected chi connectivity index (χ0v) is 16.5. The van der Waals surface area contributed by atoms with Crippen molar-refractivity contribution in [1.82, 2.24) is 19.8 Å². The number of ether oxygens (including phenoxy) is 1. The van der Waals surface area contributed by atoms with E-state index in [1.807, 2.05) is 16.9 Å². The Balaban J connectivity index is 1.41. The topological polar surface area (TPSA) is 102 Å². The van der Waals surface area contributed by atoms with Gasteiger partial charge in [0, 0.05) is 50.7 Å². The van der Waals surface area contributed by atoms with Gasteiger partial charge in [0.25, 0.3) is 0 Å². The molecule has 1 aliphatic carbocycles. The second-order valence-electron chi connectivity index (χ2n) is 7.48. The summed E-state index contributed by atoms with van der Waals surface area (Å²) in [5, 5.41) is 6.84. The maximum absolute atomic E-state index is 12.6. The smallest absolute Gasteiger partial charge is 0.220 e. The summed E-state index contributed by atoms with van der Waals surface area (Å²) in [6, 6.07) is 1.81. The van der Waals surface area contributed by atoms with Gasteiger partial charge in [-0.2, -0.15) is 5.10 Å². The summed E-state index contributed by atoms with van der Waals surface area (Å²) in [7, 11) is -3.33. The fourth-order valence-corrected chi connectivity index (χ4v) is 5.56. The van der Waals surface area contributed by atoms with Crippen LogP contribution < -0.4 is 10.0 Å². The Hall–Kier alpha value is -1.45. The predicted molar refractivity (Wildman–Crippen MR) is 102 cm³/mol.